The van der Waals surface area contributed by atoms with Gasteiger partial charge in [0.15, 0.2) is 6.29 Å². The summed E-state index contributed by atoms with van der Waals surface area (Å²) in [4.78, 5) is 10.2. The third-order valence-electron chi connectivity index (χ3n) is 3.01. The van der Waals surface area contributed by atoms with Crippen LogP contribution in [0.15, 0.2) is 0 Å². The summed E-state index contributed by atoms with van der Waals surface area (Å²) in [5.41, 5.74) is 0. The lowest BCUT2D eigenvalue weighted by Crippen LogP contribution is -2.24. The van der Waals surface area contributed by atoms with Gasteiger partial charge < -0.3 is 33.5 Å². The van der Waals surface area contributed by atoms with Crippen molar-refractivity contribution in [3.63, 3.8) is 0 Å². The standard InChI is InChI=1S/C15H28O8/c16-14(17)13-21-10-9-19-6-5-18-7-8-20-11-12-23-15-3-1-2-4-22-15/h15H,1-13H2,(H,16,17). The van der Waals surface area contributed by atoms with Crippen LogP contribution < -0.4 is 0 Å². The van der Waals surface area contributed by atoms with Crippen molar-refractivity contribution in [2.24, 2.45) is 0 Å². The number of carboxylic acids is 1. The third kappa shape index (κ3) is 13.4. The van der Waals surface area contributed by atoms with E-state index in [4.69, 9.17) is 33.5 Å². The first-order chi connectivity index (χ1) is 11.3. The number of carboxylic acid groups (broad SMARTS) is 1. The van der Waals surface area contributed by atoms with Gasteiger partial charge in [0, 0.05) is 6.61 Å². The minimum atomic E-state index is -0.981. The highest BCUT2D eigenvalue weighted by Crippen LogP contribution is 2.13. The summed E-state index contributed by atoms with van der Waals surface area (Å²) >= 11 is 0. The van der Waals surface area contributed by atoms with Gasteiger partial charge in [-0.25, -0.2) is 4.79 Å². The van der Waals surface area contributed by atoms with E-state index in [1.54, 1.807) is 0 Å². The van der Waals surface area contributed by atoms with Crippen molar-refractivity contribution >= 4 is 5.97 Å². The predicted molar refractivity (Wildman–Crippen MR) is 80.5 cm³/mol. The number of carbonyl (C=O) groups is 1. The lowest BCUT2D eigenvalue weighted by Gasteiger charge is -2.22. The van der Waals surface area contributed by atoms with Crippen molar-refractivity contribution in [1.29, 1.82) is 0 Å². The molecule has 1 aliphatic rings. The van der Waals surface area contributed by atoms with E-state index in [1.807, 2.05) is 0 Å². The van der Waals surface area contributed by atoms with Gasteiger partial charge in [-0.15, -0.1) is 0 Å². The first-order valence-electron chi connectivity index (χ1n) is 8.05. The molecule has 1 unspecified atom stereocenters. The summed E-state index contributed by atoms with van der Waals surface area (Å²) in [6.07, 6.45) is 3.17. The van der Waals surface area contributed by atoms with Crippen molar-refractivity contribution in [3.05, 3.63) is 0 Å². The zero-order valence-corrected chi connectivity index (χ0v) is 13.6. The smallest absolute Gasteiger partial charge is 0.329 e. The second kappa shape index (κ2) is 14.8. The lowest BCUT2D eigenvalue weighted by molar-refractivity contribution is -0.169. The molecule has 136 valence electrons. The minimum absolute atomic E-state index is 0.0692. The normalized spacial score (nSPS) is 18.2. The van der Waals surface area contributed by atoms with Gasteiger partial charge in [0.2, 0.25) is 0 Å². The Hall–Kier alpha value is -0.770. The lowest BCUT2D eigenvalue weighted by atomic mass is 10.2. The van der Waals surface area contributed by atoms with Crippen molar-refractivity contribution < 1.29 is 38.3 Å². The molecule has 1 atom stereocenters. The van der Waals surface area contributed by atoms with Gasteiger partial charge in [0.1, 0.15) is 6.61 Å². The Morgan fingerprint density at radius 2 is 1.43 bits per heavy atom. The van der Waals surface area contributed by atoms with Crippen LogP contribution in [0.1, 0.15) is 19.3 Å². The number of hydrogen-bond acceptors (Lipinski definition) is 7. The van der Waals surface area contributed by atoms with Crippen molar-refractivity contribution in [1.82, 2.24) is 0 Å². The molecule has 0 saturated carbocycles. The largest absolute Gasteiger partial charge is 0.480 e. The van der Waals surface area contributed by atoms with Crippen LogP contribution in [-0.4, -0.2) is 83.4 Å². The third-order valence-corrected chi connectivity index (χ3v) is 3.01. The quantitative estimate of drug-likeness (QED) is 0.437. The molecule has 0 aromatic carbocycles. The maximum atomic E-state index is 10.2. The Balaban J connectivity index is 1.69. The Kier molecular flexibility index (Phi) is 13.0. The number of aliphatic carboxylic acids is 1. The van der Waals surface area contributed by atoms with Gasteiger partial charge in [-0.1, -0.05) is 0 Å². The van der Waals surface area contributed by atoms with Crippen molar-refractivity contribution in [2.75, 3.05) is 66.1 Å². The number of rotatable bonds is 15. The maximum absolute atomic E-state index is 10.2. The molecule has 1 rings (SSSR count). The van der Waals surface area contributed by atoms with Crippen LogP contribution in [0.5, 0.6) is 0 Å². The van der Waals surface area contributed by atoms with Crippen LogP contribution in [0.2, 0.25) is 0 Å². The van der Waals surface area contributed by atoms with Gasteiger partial charge in [0.25, 0.3) is 0 Å². The van der Waals surface area contributed by atoms with E-state index >= 15 is 0 Å². The topological polar surface area (TPSA) is 92.7 Å². The van der Waals surface area contributed by atoms with E-state index in [1.165, 1.54) is 0 Å². The Bertz CT molecular complexity index is 281. The van der Waals surface area contributed by atoms with Gasteiger partial charge in [-0.2, -0.15) is 0 Å². The number of hydrogen-bond donors (Lipinski definition) is 1. The van der Waals surface area contributed by atoms with Crippen LogP contribution in [0.4, 0.5) is 0 Å². The monoisotopic (exact) mass is 336 g/mol. The average Bonchev–Trinajstić information content (AvgIpc) is 2.56. The number of ether oxygens (including phenoxy) is 6. The SMILES string of the molecule is O=C(O)COCCOCCOCCOCCOC1CCCCO1. The highest BCUT2D eigenvalue weighted by molar-refractivity contribution is 5.67. The molecule has 8 nitrogen and oxygen atoms in total. The van der Waals surface area contributed by atoms with E-state index in [0.717, 1.165) is 25.9 Å². The van der Waals surface area contributed by atoms with E-state index in [9.17, 15) is 4.79 Å². The van der Waals surface area contributed by atoms with Crippen molar-refractivity contribution in [2.45, 2.75) is 25.6 Å². The van der Waals surface area contributed by atoms with E-state index in [0.29, 0.717) is 46.2 Å². The molecule has 0 bridgehead atoms. The maximum Gasteiger partial charge on any atom is 0.329 e. The molecule has 1 N–H and O–H groups in total. The highest BCUT2D eigenvalue weighted by Gasteiger charge is 2.13. The van der Waals surface area contributed by atoms with Crippen LogP contribution in [0.25, 0.3) is 0 Å². The first kappa shape index (κ1) is 20.3. The fourth-order valence-electron chi connectivity index (χ4n) is 1.90. The molecule has 0 amide bonds. The molecule has 1 aliphatic heterocycles. The zero-order valence-electron chi connectivity index (χ0n) is 13.6. The molecule has 0 aromatic rings. The minimum Gasteiger partial charge on any atom is -0.480 e. The molecule has 1 fully saturated rings. The molecule has 8 heteroatoms. The molecule has 1 heterocycles. The first-order valence-corrected chi connectivity index (χ1v) is 8.05. The van der Waals surface area contributed by atoms with Gasteiger partial charge in [-0.3, -0.25) is 0 Å². The molecule has 1 saturated heterocycles. The molecule has 23 heavy (non-hydrogen) atoms. The van der Waals surface area contributed by atoms with Gasteiger partial charge >= 0.3 is 5.97 Å². The Morgan fingerprint density at radius 3 is 1.96 bits per heavy atom. The summed E-state index contributed by atoms with van der Waals surface area (Å²) in [7, 11) is 0. The summed E-state index contributed by atoms with van der Waals surface area (Å²) in [5.74, 6) is -0.981. The van der Waals surface area contributed by atoms with Crippen LogP contribution in [0, 0.1) is 0 Å². The second-order valence-corrected chi connectivity index (χ2v) is 4.95. The van der Waals surface area contributed by atoms with Crippen LogP contribution in [-0.2, 0) is 33.2 Å². The van der Waals surface area contributed by atoms with E-state index in [-0.39, 0.29) is 19.5 Å². The fraction of sp³-hybridized carbons (Fsp3) is 0.933. The Labute approximate surface area is 136 Å². The Morgan fingerprint density at radius 1 is 0.870 bits per heavy atom. The highest BCUT2D eigenvalue weighted by atomic mass is 16.7. The van der Waals surface area contributed by atoms with Gasteiger partial charge in [-0.05, 0) is 19.3 Å². The molecule has 0 radical (unpaired) electrons. The molecule has 0 aliphatic carbocycles. The molecule has 0 spiro atoms. The molecular formula is C15H28O8. The predicted octanol–water partition coefficient (Wildman–Crippen LogP) is 0.681. The second-order valence-electron chi connectivity index (χ2n) is 4.95. The molecule has 0 aromatic heterocycles. The van der Waals surface area contributed by atoms with Crippen molar-refractivity contribution in [3.8, 4) is 0 Å². The fourth-order valence-corrected chi connectivity index (χ4v) is 1.90. The summed E-state index contributed by atoms with van der Waals surface area (Å²) in [6.45, 7) is 4.09. The summed E-state index contributed by atoms with van der Waals surface area (Å²) in [5, 5.41) is 8.35. The summed E-state index contributed by atoms with van der Waals surface area (Å²) < 4.78 is 31.7. The van der Waals surface area contributed by atoms with Gasteiger partial charge in [0.05, 0.1) is 52.9 Å². The molecular weight excluding hydrogens is 308 g/mol. The van der Waals surface area contributed by atoms with Crippen LogP contribution in [0.3, 0.4) is 0 Å². The van der Waals surface area contributed by atoms with E-state index < -0.39 is 5.97 Å². The van der Waals surface area contributed by atoms with Crippen LogP contribution >= 0.6 is 0 Å². The average molecular weight is 336 g/mol. The summed E-state index contributed by atoms with van der Waals surface area (Å²) in [6, 6.07) is 0. The zero-order chi connectivity index (χ0) is 16.6. The van der Waals surface area contributed by atoms with E-state index in [2.05, 4.69) is 0 Å².